The summed E-state index contributed by atoms with van der Waals surface area (Å²) >= 11 is 0. The van der Waals surface area contributed by atoms with Crippen molar-refractivity contribution >= 4 is 21.5 Å². The predicted molar refractivity (Wildman–Crippen MR) is 84.8 cm³/mol. The molecule has 1 aromatic carbocycles. The van der Waals surface area contributed by atoms with Crippen LogP contribution in [-0.2, 0) is 9.84 Å². The second-order valence-corrected chi connectivity index (χ2v) is 7.15. The van der Waals surface area contributed by atoms with Gasteiger partial charge in [-0.25, -0.2) is 8.42 Å². The molecule has 0 amide bonds. The number of nitrogens with zero attached hydrogens (tertiary/aromatic N) is 4. The molecule has 0 saturated heterocycles. The summed E-state index contributed by atoms with van der Waals surface area (Å²) in [7, 11) is 3.78. The number of sulfone groups is 1. The van der Waals surface area contributed by atoms with Crippen molar-refractivity contribution in [2.45, 2.75) is 4.90 Å². The summed E-state index contributed by atoms with van der Waals surface area (Å²) in [5, 5.41) is 10.6. The van der Waals surface area contributed by atoms with Crippen LogP contribution in [0.25, 0.3) is 0 Å². The van der Waals surface area contributed by atoms with Gasteiger partial charge in [0, 0.05) is 40.3 Å². The van der Waals surface area contributed by atoms with Crippen molar-refractivity contribution in [2.24, 2.45) is 4.99 Å². The number of non-ortho nitro benzene ring substituents is 1. The molecule has 122 valence electrons. The minimum atomic E-state index is -3.52. The van der Waals surface area contributed by atoms with Crippen LogP contribution in [0.3, 0.4) is 0 Å². The van der Waals surface area contributed by atoms with Gasteiger partial charge in [0.05, 0.1) is 22.1 Å². The molecule has 1 rings (SSSR count). The number of guanidine groups is 1. The van der Waals surface area contributed by atoms with E-state index in [2.05, 4.69) is 4.99 Å². The third-order valence-electron chi connectivity index (χ3n) is 2.82. The Morgan fingerprint density at radius 3 is 2.05 bits per heavy atom. The zero-order chi connectivity index (χ0) is 16.9. The van der Waals surface area contributed by atoms with Crippen molar-refractivity contribution in [2.75, 3.05) is 40.5 Å². The highest BCUT2D eigenvalue weighted by atomic mass is 32.2. The highest BCUT2D eigenvalue weighted by Gasteiger charge is 2.16. The van der Waals surface area contributed by atoms with Gasteiger partial charge < -0.3 is 9.80 Å². The number of benzene rings is 1. The molecule has 0 aromatic heterocycles. The summed E-state index contributed by atoms with van der Waals surface area (Å²) in [6, 6.07) is 4.86. The lowest BCUT2D eigenvalue weighted by molar-refractivity contribution is -0.384. The summed E-state index contributed by atoms with van der Waals surface area (Å²) in [5.74, 6) is 0.509. The van der Waals surface area contributed by atoms with Crippen LogP contribution < -0.4 is 0 Å². The summed E-state index contributed by atoms with van der Waals surface area (Å²) in [5.41, 5.74) is -0.139. The van der Waals surface area contributed by atoms with Crippen molar-refractivity contribution < 1.29 is 13.3 Å². The molecule has 0 saturated carbocycles. The maximum atomic E-state index is 12.2. The van der Waals surface area contributed by atoms with Crippen LogP contribution in [0.5, 0.6) is 0 Å². The Bertz CT molecular complexity index is 641. The van der Waals surface area contributed by atoms with E-state index in [0.717, 1.165) is 0 Å². The fraction of sp³-hybridized carbons (Fsp3) is 0.462. The highest BCUT2D eigenvalue weighted by Crippen LogP contribution is 2.16. The first kappa shape index (κ1) is 17.9. The number of nitro benzene ring substituents is 1. The van der Waals surface area contributed by atoms with Crippen LogP contribution in [0, 0.1) is 10.1 Å². The molecule has 0 radical (unpaired) electrons. The predicted octanol–water partition coefficient (Wildman–Crippen LogP) is 0.848. The third-order valence-corrected chi connectivity index (χ3v) is 4.53. The molecule has 0 fully saturated rings. The summed E-state index contributed by atoms with van der Waals surface area (Å²) in [6.45, 7) is 0.116. The standard InChI is InChI=1S/C13H20N4O4S/c1-15(2)13(16(3)4)14-9-10-22(20,21)12-7-5-11(6-8-12)17(18)19/h5-8H,9-10H2,1-4H3. The van der Waals surface area contributed by atoms with Crippen molar-refractivity contribution in [3.8, 4) is 0 Å². The number of nitro groups is 1. The average molecular weight is 328 g/mol. The van der Waals surface area contributed by atoms with Crippen LogP contribution in [0.4, 0.5) is 5.69 Å². The molecule has 0 atom stereocenters. The lowest BCUT2D eigenvalue weighted by Gasteiger charge is -2.22. The number of hydrogen-bond acceptors (Lipinski definition) is 5. The Morgan fingerprint density at radius 2 is 1.64 bits per heavy atom. The molecule has 22 heavy (non-hydrogen) atoms. The fourth-order valence-electron chi connectivity index (χ4n) is 1.84. The van der Waals surface area contributed by atoms with E-state index in [-0.39, 0.29) is 22.9 Å². The Morgan fingerprint density at radius 1 is 1.14 bits per heavy atom. The summed E-state index contributed by atoms with van der Waals surface area (Å²) < 4.78 is 24.3. The van der Waals surface area contributed by atoms with Crippen LogP contribution in [-0.4, -0.2) is 69.6 Å². The van der Waals surface area contributed by atoms with Crippen LogP contribution in [0.15, 0.2) is 34.2 Å². The summed E-state index contributed by atoms with van der Waals surface area (Å²) in [4.78, 5) is 17.9. The second kappa shape index (κ2) is 7.21. The van der Waals surface area contributed by atoms with E-state index >= 15 is 0 Å². The van der Waals surface area contributed by atoms with Gasteiger partial charge in [-0.3, -0.25) is 15.1 Å². The van der Waals surface area contributed by atoms with Gasteiger partial charge in [0.25, 0.3) is 5.69 Å². The molecular weight excluding hydrogens is 308 g/mol. The normalized spacial score (nSPS) is 10.9. The van der Waals surface area contributed by atoms with Crippen LogP contribution >= 0.6 is 0 Å². The van der Waals surface area contributed by atoms with E-state index in [4.69, 9.17) is 0 Å². The minimum absolute atomic E-state index is 0.0598. The second-order valence-electron chi connectivity index (χ2n) is 5.04. The zero-order valence-electron chi connectivity index (χ0n) is 13.1. The molecular formula is C13H20N4O4S. The number of hydrogen-bond donors (Lipinski definition) is 0. The summed E-state index contributed by atoms with van der Waals surface area (Å²) in [6.07, 6.45) is 0. The highest BCUT2D eigenvalue weighted by molar-refractivity contribution is 7.91. The zero-order valence-corrected chi connectivity index (χ0v) is 13.9. The first-order valence-corrected chi connectivity index (χ1v) is 8.16. The van der Waals surface area contributed by atoms with Crippen LogP contribution in [0.2, 0.25) is 0 Å². The van der Waals surface area contributed by atoms with Gasteiger partial charge in [-0.1, -0.05) is 0 Å². The first-order valence-electron chi connectivity index (χ1n) is 6.51. The van der Waals surface area contributed by atoms with E-state index < -0.39 is 14.8 Å². The molecule has 0 aliphatic heterocycles. The van der Waals surface area contributed by atoms with Crippen LogP contribution in [0.1, 0.15) is 0 Å². The van der Waals surface area contributed by atoms with Crippen molar-refractivity contribution in [3.05, 3.63) is 34.4 Å². The molecule has 0 aliphatic rings. The van der Waals surface area contributed by atoms with Crippen molar-refractivity contribution in [1.29, 1.82) is 0 Å². The van der Waals surface area contributed by atoms with Gasteiger partial charge in [-0.15, -0.1) is 0 Å². The lowest BCUT2D eigenvalue weighted by Crippen LogP contribution is -2.35. The number of rotatable bonds is 5. The van der Waals surface area contributed by atoms with Gasteiger partial charge in [-0.05, 0) is 12.1 Å². The van der Waals surface area contributed by atoms with Gasteiger partial charge in [0.15, 0.2) is 15.8 Å². The van der Waals surface area contributed by atoms with Crippen molar-refractivity contribution in [3.63, 3.8) is 0 Å². The smallest absolute Gasteiger partial charge is 0.269 e. The SMILES string of the molecule is CN(C)C(=NCCS(=O)(=O)c1ccc([N+](=O)[O-])cc1)N(C)C. The Hall–Kier alpha value is -2.16. The van der Waals surface area contributed by atoms with E-state index in [1.807, 2.05) is 28.2 Å². The maximum absolute atomic E-state index is 12.2. The van der Waals surface area contributed by atoms with Gasteiger partial charge in [0.1, 0.15) is 0 Å². The molecule has 0 aliphatic carbocycles. The van der Waals surface area contributed by atoms with Gasteiger partial charge in [-0.2, -0.15) is 0 Å². The monoisotopic (exact) mass is 328 g/mol. The van der Waals surface area contributed by atoms with E-state index in [1.165, 1.54) is 24.3 Å². The quantitative estimate of drug-likeness (QED) is 0.344. The molecule has 0 N–H and O–H groups in total. The maximum Gasteiger partial charge on any atom is 0.269 e. The fourth-order valence-corrected chi connectivity index (χ4v) is 2.96. The molecule has 9 heteroatoms. The van der Waals surface area contributed by atoms with E-state index in [9.17, 15) is 18.5 Å². The van der Waals surface area contributed by atoms with Gasteiger partial charge in [0.2, 0.25) is 0 Å². The molecule has 0 bridgehead atoms. The Labute approximate surface area is 130 Å². The topological polar surface area (TPSA) is 96.1 Å². The van der Waals surface area contributed by atoms with E-state index in [0.29, 0.717) is 5.96 Å². The van der Waals surface area contributed by atoms with Crippen molar-refractivity contribution in [1.82, 2.24) is 9.80 Å². The lowest BCUT2D eigenvalue weighted by atomic mass is 10.3. The molecule has 1 aromatic rings. The largest absolute Gasteiger partial charge is 0.349 e. The Balaban J connectivity index is 2.83. The Kier molecular flexibility index (Phi) is 5.86. The number of aliphatic imine (C=N–C) groups is 1. The molecule has 8 nitrogen and oxygen atoms in total. The average Bonchev–Trinajstić information content (AvgIpc) is 2.42. The van der Waals surface area contributed by atoms with E-state index in [1.54, 1.807) is 9.80 Å². The molecule has 0 heterocycles. The first-order chi connectivity index (χ1) is 10.1. The minimum Gasteiger partial charge on any atom is -0.349 e. The third kappa shape index (κ3) is 4.69. The molecule has 0 spiro atoms. The molecule has 0 unspecified atom stereocenters. The van der Waals surface area contributed by atoms with Gasteiger partial charge >= 0.3 is 0 Å².